The van der Waals surface area contributed by atoms with Crippen LogP contribution in [0.4, 0.5) is 5.13 Å². The van der Waals surface area contributed by atoms with E-state index >= 15 is 0 Å². The second kappa shape index (κ2) is 7.66. The van der Waals surface area contributed by atoms with Gasteiger partial charge < -0.3 is 4.74 Å². The second-order valence-corrected chi connectivity index (χ2v) is 6.51. The molecule has 1 heterocycles. The summed E-state index contributed by atoms with van der Waals surface area (Å²) in [6.45, 7) is -0.108. The van der Waals surface area contributed by atoms with Crippen LogP contribution in [-0.4, -0.2) is 17.5 Å². The van der Waals surface area contributed by atoms with Crippen molar-refractivity contribution in [3.63, 3.8) is 0 Å². The third kappa shape index (κ3) is 4.26. The summed E-state index contributed by atoms with van der Waals surface area (Å²) in [6, 6.07) is 14.2. The number of hydrogen-bond acceptors (Lipinski definition) is 4. The van der Waals surface area contributed by atoms with Crippen molar-refractivity contribution in [2.24, 2.45) is 0 Å². The van der Waals surface area contributed by atoms with Crippen LogP contribution < -0.4 is 10.1 Å². The summed E-state index contributed by atoms with van der Waals surface area (Å²) in [5.41, 5.74) is 1.55. The highest BCUT2D eigenvalue weighted by Gasteiger charge is 2.10. The van der Waals surface area contributed by atoms with E-state index in [4.69, 9.17) is 27.9 Å². The lowest BCUT2D eigenvalue weighted by Crippen LogP contribution is -2.20. The Labute approximate surface area is 153 Å². The zero-order chi connectivity index (χ0) is 16.9. The smallest absolute Gasteiger partial charge is 0.264 e. The molecule has 1 amide bonds. The first-order valence-electron chi connectivity index (χ1n) is 7.00. The summed E-state index contributed by atoms with van der Waals surface area (Å²) in [4.78, 5) is 16.3. The van der Waals surface area contributed by atoms with Crippen LogP contribution in [0, 0.1) is 0 Å². The van der Waals surface area contributed by atoms with Gasteiger partial charge in [-0.25, -0.2) is 4.98 Å². The normalized spacial score (nSPS) is 10.4. The molecule has 0 aliphatic carbocycles. The van der Waals surface area contributed by atoms with Gasteiger partial charge >= 0.3 is 0 Å². The Morgan fingerprint density at radius 1 is 1.12 bits per heavy atom. The summed E-state index contributed by atoms with van der Waals surface area (Å²) in [6.07, 6.45) is 0. The summed E-state index contributed by atoms with van der Waals surface area (Å²) in [5.74, 6) is 0.287. The van der Waals surface area contributed by atoms with E-state index in [-0.39, 0.29) is 12.5 Å². The summed E-state index contributed by atoms with van der Waals surface area (Å²) < 4.78 is 5.39. The molecule has 0 aliphatic heterocycles. The van der Waals surface area contributed by atoms with Crippen molar-refractivity contribution in [2.75, 3.05) is 11.9 Å². The van der Waals surface area contributed by atoms with Crippen molar-refractivity contribution in [2.45, 2.75) is 0 Å². The largest absolute Gasteiger partial charge is 0.484 e. The molecule has 0 fully saturated rings. The molecular weight excluding hydrogens is 367 g/mol. The highest BCUT2D eigenvalue weighted by molar-refractivity contribution is 7.14. The lowest BCUT2D eigenvalue weighted by molar-refractivity contribution is -0.118. The van der Waals surface area contributed by atoms with Crippen molar-refractivity contribution in [1.29, 1.82) is 0 Å². The van der Waals surface area contributed by atoms with Crippen molar-refractivity contribution < 1.29 is 9.53 Å². The molecule has 0 spiro atoms. The highest BCUT2D eigenvalue weighted by Crippen LogP contribution is 2.30. The molecule has 24 heavy (non-hydrogen) atoms. The Kier molecular flexibility index (Phi) is 5.35. The van der Waals surface area contributed by atoms with Gasteiger partial charge in [0.15, 0.2) is 11.7 Å². The van der Waals surface area contributed by atoms with Crippen LogP contribution in [0.15, 0.2) is 53.9 Å². The van der Waals surface area contributed by atoms with Gasteiger partial charge in [-0.15, -0.1) is 11.3 Å². The van der Waals surface area contributed by atoms with Crippen molar-refractivity contribution >= 4 is 45.6 Å². The minimum Gasteiger partial charge on any atom is -0.484 e. The average molecular weight is 379 g/mol. The van der Waals surface area contributed by atoms with Gasteiger partial charge in [0.1, 0.15) is 5.75 Å². The van der Waals surface area contributed by atoms with Crippen molar-refractivity contribution in [3.8, 4) is 17.0 Å². The lowest BCUT2D eigenvalue weighted by Gasteiger charge is -2.05. The summed E-state index contributed by atoms with van der Waals surface area (Å²) in [5, 5.41) is 6.28. The number of benzene rings is 2. The molecule has 0 unspecified atom stereocenters. The maximum Gasteiger partial charge on any atom is 0.264 e. The molecule has 0 radical (unpaired) electrons. The van der Waals surface area contributed by atoms with E-state index in [1.807, 2.05) is 23.6 Å². The number of hydrogen-bond donors (Lipinski definition) is 1. The maximum atomic E-state index is 11.9. The fourth-order valence-corrected chi connectivity index (χ4v) is 3.04. The summed E-state index contributed by atoms with van der Waals surface area (Å²) >= 11 is 13.3. The van der Waals surface area contributed by atoms with E-state index in [2.05, 4.69) is 10.3 Å². The van der Waals surface area contributed by atoms with Gasteiger partial charge in [-0.05, 0) is 30.3 Å². The molecular formula is C17H12Cl2N2O2S. The van der Waals surface area contributed by atoms with Crippen LogP contribution in [-0.2, 0) is 4.79 Å². The molecule has 0 saturated carbocycles. The number of anilines is 1. The Morgan fingerprint density at radius 3 is 2.62 bits per heavy atom. The van der Waals surface area contributed by atoms with E-state index in [9.17, 15) is 4.79 Å². The fraction of sp³-hybridized carbons (Fsp3) is 0.0588. The van der Waals surface area contributed by atoms with E-state index < -0.39 is 0 Å². The van der Waals surface area contributed by atoms with Gasteiger partial charge in [0, 0.05) is 21.0 Å². The molecule has 7 heteroatoms. The first-order chi connectivity index (χ1) is 11.6. The maximum absolute atomic E-state index is 11.9. The van der Waals surface area contributed by atoms with Gasteiger partial charge in [0.25, 0.3) is 5.91 Å². The molecule has 122 valence electrons. The number of aromatic nitrogens is 1. The Bertz CT molecular complexity index is 850. The molecule has 3 rings (SSSR count). The summed E-state index contributed by atoms with van der Waals surface area (Å²) in [7, 11) is 0. The number of carbonyl (C=O) groups is 1. The van der Waals surface area contributed by atoms with E-state index in [1.54, 1.807) is 30.3 Å². The van der Waals surface area contributed by atoms with Gasteiger partial charge in [0.05, 0.1) is 5.69 Å². The first-order valence-corrected chi connectivity index (χ1v) is 8.64. The van der Waals surface area contributed by atoms with Crippen molar-refractivity contribution in [1.82, 2.24) is 4.98 Å². The van der Waals surface area contributed by atoms with Crippen LogP contribution in [0.3, 0.4) is 0 Å². The second-order valence-electron chi connectivity index (χ2n) is 4.81. The van der Waals surface area contributed by atoms with Gasteiger partial charge in [-0.2, -0.15) is 0 Å². The average Bonchev–Trinajstić information content (AvgIpc) is 3.03. The van der Waals surface area contributed by atoms with Crippen LogP contribution in [0.5, 0.6) is 5.75 Å². The van der Waals surface area contributed by atoms with Crippen LogP contribution in [0.2, 0.25) is 10.0 Å². The molecule has 0 saturated heterocycles. The molecule has 3 aromatic rings. The quantitative estimate of drug-likeness (QED) is 0.668. The molecule has 2 aromatic carbocycles. The third-order valence-corrected chi connectivity index (χ3v) is 4.42. The lowest BCUT2D eigenvalue weighted by atomic mass is 10.2. The molecule has 0 aliphatic rings. The zero-order valence-electron chi connectivity index (χ0n) is 12.3. The minimum atomic E-state index is -0.287. The van der Waals surface area contributed by atoms with Gasteiger partial charge in [-0.3, -0.25) is 10.1 Å². The number of rotatable bonds is 5. The zero-order valence-corrected chi connectivity index (χ0v) is 14.7. The number of halogens is 2. The predicted octanol–water partition coefficient (Wildman–Crippen LogP) is 5.13. The van der Waals surface area contributed by atoms with E-state index in [0.717, 1.165) is 11.3 Å². The number of thiazole rings is 1. The Balaban J connectivity index is 1.59. The van der Waals surface area contributed by atoms with Crippen LogP contribution in [0.25, 0.3) is 11.3 Å². The van der Waals surface area contributed by atoms with E-state index in [1.165, 1.54) is 11.3 Å². The fourth-order valence-electron chi connectivity index (χ4n) is 1.96. The van der Waals surface area contributed by atoms with Gasteiger partial charge in [0.2, 0.25) is 0 Å². The number of nitrogens with one attached hydrogen (secondary N) is 1. The Hall–Kier alpha value is -2.08. The topological polar surface area (TPSA) is 51.2 Å². The SMILES string of the molecule is O=C(COc1ccc(Cl)cc1)Nc1nc(-c2ccccc2Cl)cs1. The standard InChI is InChI=1S/C17H12Cl2N2O2S/c18-11-5-7-12(8-6-11)23-9-16(22)21-17-20-15(10-24-17)13-3-1-2-4-14(13)19/h1-8,10H,9H2,(H,20,21,22). The van der Waals surface area contributed by atoms with Crippen LogP contribution >= 0.6 is 34.5 Å². The number of amides is 1. The Morgan fingerprint density at radius 2 is 1.88 bits per heavy atom. The molecule has 0 bridgehead atoms. The predicted molar refractivity (Wildman–Crippen MR) is 98.1 cm³/mol. The number of carbonyl (C=O) groups excluding carboxylic acids is 1. The van der Waals surface area contributed by atoms with Crippen LogP contribution in [0.1, 0.15) is 0 Å². The molecule has 0 atom stereocenters. The van der Waals surface area contributed by atoms with Crippen molar-refractivity contribution in [3.05, 3.63) is 64.0 Å². The van der Waals surface area contributed by atoms with E-state index in [0.29, 0.717) is 20.9 Å². The molecule has 1 aromatic heterocycles. The number of ether oxygens (including phenoxy) is 1. The first kappa shape index (κ1) is 16.8. The molecule has 1 N–H and O–H groups in total. The monoisotopic (exact) mass is 378 g/mol. The molecule has 4 nitrogen and oxygen atoms in total. The third-order valence-electron chi connectivity index (χ3n) is 3.08. The number of nitrogens with zero attached hydrogens (tertiary/aromatic N) is 1. The minimum absolute atomic E-state index is 0.108. The van der Waals surface area contributed by atoms with Gasteiger partial charge in [-0.1, -0.05) is 41.4 Å². The highest BCUT2D eigenvalue weighted by atomic mass is 35.5.